The fourth-order valence-corrected chi connectivity index (χ4v) is 4.49. The van der Waals surface area contributed by atoms with Gasteiger partial charge in [0, 0.05) is 35.9 Å². The summed E-state index contributed by atoms with van der Waals surface area (Å²) < 4.78 is 5.39. The summed E-state index contributed by atoms with van der Waals surface area (Å²) in [5.74, 6) is 1.04. The first-order valence-corrected chi connectivity index (χ1v) is 12.6. The molecule has 5 aromatic rings. The molecule has 0 aliphatic carbocycles. The summed E-state index contributed by atoms with van der Waals surface area (Å²) in [5, 5.41) is 23.0. The van der Waals surface area contributed by atoms with E-state index in [1.54, 1.807) is 17.1 Å². The summed E-state index contributed by atoms with van der Waals surface area (Å²) in [6.07, 6.45) is 10.9. The fourth-order valence-electron chi connectivity index (χ4n) is 4.49. The number of nitrogens with one attached hydrogen (secondary N) is 1. The molecule has 5 rings (SSSR count). The van der Waals surface area contributed by atoms with Crippen molar-refractivity contribution in [3.8, 4) is 28.5 Å². The van der Waals surface area contributed by atoms with E-state index in [2.05, 4.69) is 56.6 Å². The van der Waals surface area contributed by atoms with Gasteiger partial charge >= 0.3 is 5.69 Å². The summed E-state index contributed by atoms with van der Waals surface area (Å²) in [4.78, 5) is 18.2. The van der Waals surface area contributed by atoms with Crippen LogP contribution >= 0.6 is 0 Å². The van der Waals surface area contributed by atoms with Crippen molar-refractivity contribution in [3.63, 3.8) is 0 Å². The monoisotopic (exact) mass is 498 g/mol. The van der Waals surface area contributed by atoms with Gasteiger partial charge in [-0.2, -0.15) is 5.21 Å². The molecule has 1 aromatic carbocycles. The molecule has 1 unspecified atom stereocenters. The third kappa shape index (κ3) is 4.72. The largest absolute Gasteiger partial charge is 0.335 e. The van der Waals surface area contributed by atoms with Gasteiger partial charge in [-0.1, -0.05) is 44.5 Å². The predicted octanol–water partition coefficient (Wildman–Crippen LogP) is 3.83. The van der Waals surface area contributed by atoms with E-state index in [-0.39, 0.29) is 11.7 Å². The lowest BCUT2D eigenvalue weighted by atomic mass is 9.96. The maximum atomic E-state index is 13.8. The molecule has 0 saturated heterocycles. The fraction of sp³-hybridized carbons (Fsp3) is 0.346. The van der Waals surface area contributed by atoms with Gasteiger partial charge < -0.3 is 0 Å². The van der Waals surface area contributed by atoms with Crippen LogP contribution in [0.2, 0.25) is 0 Å². The third-order valence-corrected chi connectivity index (χ3v) is 6.72. The Hall–Kier alpha value is -4.41. The highest BCUT2D eigenvalue weighted by molar-refractivity contribution is 5.81. The van der Waals surface area contributed by atoms with Crippen LogP contribution in [0.25, 0.3) is 28.5 Å². The Morgan fingerprint density at radius 3 is 2.65 bits per heavy atom. The Kier molecular flexibility index (Phi) is 7.02. The number of rotatable bonds is 10. The van der Waals surface area contributed by atoms with Gasteiger partial charge in [-0.05, 0) is 54.2 Å². The number of aromatic nitrogens is 10. The summed E-state index contributed by atoms with van der Waals surface area (Å²) in [7, 11) is 0. The van der Waals surface area contributed by atoms with E-state index in [1.807, 2.05) is 51.9 Å². The molecule has 11 nitrogen and oxygen atoms in total. The molecule has 4 aromatic heterocycles. The van der Waals surface area contributed by atoms with Crippen LogP contribution in [0.3, 0.4) is 0 Å². The SMILES string of the molecule is CCCCc1cn(-c2nncn2C(C)CC)c(=O)n1Cc1cnccc1-c1ccccc1-c1nn[nH]n1. The Labute approximate surface area is 214 Å². The molecule has 0 saturated carbocycles. The van der Waals surface area contributed by atoms with Gasteiger partial charge in [-0.3, -0.25) is 14.1 Å². The summed E-state index contributed by atoms with van der Waals surface area (Å²) in [6, 6.07) is 10.0. The Morgan fingerprint density at radius 2 is 1.89 bits per heavy atom. The van der Waals surface area contributed by atoms with Crippen LogP contribution in [0.1, 0.15) is 57.3 Å². The number of imidazole rings is 1. The van der Waals surface area contributed by atoms with Crippen LogP contribution in [0.15, 0.2) is 60.0 Å². The maximum Gasteiger partial charge on any atom is 0.335 e. The number of nitrogens with zero attached hydrogens (tertiary/aromatic N) is 9. The van der Waals surface area contributed by atoms with Crippen molar-refractivity contribution in [1.82, 2.24) is 49.5 Å². The van der Waals surface area contributed by atoms with Crippen molar-refractivity contribution in [3.05, 3.63) is 77.0 Å². The van der Waals surface area contributed by atoms with E-state index in [0.717, 1.165) is 53.6 Å². The lowest BCUT2D eigenvalue weighted by Crippen LogP contribution is -2.27. The number of unbranched alkanes of at least 4 members (excludes halogenated alkanes) is 1. The number of aromatic amines is 1. The van der Waals surface area contributed by atoms with E-state index >= 15 is 0 Å². The molecule has 0 aliphatic heterocycles. The number of benzene rings is 1. The van der Waals surface area contributed by atoms with Crippen LogP contribution in [0, 0.1) is 0 Å². The van der Waals surface area contributed by atoms with Gasteiger partial charge in [0.15, 0.2) is 0 Å². The van der Waals surface area contributed by atoms with Crippen LogP contribution in [-0.2, 0) is 13.0 Å². The summed E-state index contributed by atoms with van der Waals surface area (Å²) in [5.41, 5.74) is 4.47. The van der Waals surface area contributed by atoms with Crippen molar-refractivity contribution in [2.75, 3.05) is 0 Å². The molecule has 0 spiro atoms. The highest BCUT2D eigenvalue weighted by atomic mass is 16.2. The smallest absolute Gasteiger partial charge is 0.296 e. The van der Waals surface area contributed by atoms with Crippen molar-refractivity contribution < 1.29 is 0 Å². The first-order valence-electron chi connectivity index (χ1n) is 12.6. The zero-order valence-electron chi connectivity index (χ0n) is 21.2. The van der Waals surface area contributed by atoms with Crippen molar-refractivity contribution in [1.29, 1.82) is 0 Å². The zero-order chi connectivity index (χ0) is 25.8. The van der Waals surface area contributed by atoms with E-state index < -0.39 is 0 Å². The molecule has 11 heteroatoms. The number of H-pyrrole nitrogens is 1. The minimum absolute atomic E-state index is 0.148. The van der Waals surface area contributed by atoms with Crippen LogP contribution in [-0.4, -0.2) is 49.5 Å². The number of hydrogen-bond donors (Lipinski definition) is 1. The van der Waals surface area contributed by atoms with Gasteiger partial charge in [-0.25, -0.2) is 9.36 Å². The molecular formula is C26H30N10O. The van der Waals surface area contributed by atoms with E-state index in [0.29, 0.717) is 18.3 Å². The quantitative estimate of drug-likeness (QED) is 0.310. The molecule has 190 valence electrons. The van der Waals surface area contributed by atoms with Gasteiger partial charge in [0.2, 0.25) is 11.8 Å². The lowest BCUT2D eigenvalue weighted by molar-refractivity contribution is 0.516. The van der Waals surface area contributed by atoms with E-state index in [1.165, 1.54) is 0 Å². The molecule has 1 atom stereocenters. The summed E-state index contributed by atoms with van der Waals surface area (Å²) >= 11 is 0. The molecule has 0 radical (unpaired) electrons. The Morgan fingerprint density at radius 1 is 1.05 bits per heavy atom. The van der Waals surface area contributed by atoms with Crippen LogP contribution in [0.5, 0.6) is 0 Å². The van der Waals surface area contributed by atoms with Crippen LogP contribution < -0.4 is 5.69 Å². The number of pyridine rings is 1. The second kappa shape index (κ2) is 10.7. The molecule has 0 amide bonds. The minimum atomic E-state index is -0.148. The molecule has 0 bridgehead atoms. The lowest BCUT2D eigenvalue weighted by Gasteiger charge is -2.14. The van der Waals surface area contributed by atoms with Gasteiger partial charge in [-0.15, -0.1) is 20.4 Å². The standard InChI is InChI=1S/C26H30N10O/c1-4-6-9-20-16-35(25-31-28-17-36(25)18(3)5-2)26(37)34(20)15-19-14-27-13-12-21(19)22-10-7-8-11-23(22)24-29-32-33-30-24/h7-8,10-14,16-18H,4-6,9,15H2,1-3H3,(H,29,30,32,33). The van der Waals surface area contributed by atoms with Crippen LogP contribution in [0.4, 0.5) is 0 Å². The molecule has 37 heavy (non-hydrogen) atoms. The minimum Gasteiger partial charge on any atom is -0.296 e. The average Bonchev–Trinajstić information content (AvgIpc) is 3.69. The van der Waals surface area contributed by atoms with Crippen molar-refractivity contribution >= 4 is 0 Å². The Balaban J connectivity index is 1.60. The second-order valence-corrected chi connectivity index (χ2v) is 9.07. The highest BCUT2D eigenvalue weighted by Crippen LogP contribution is 2.32. The highest BCUT2D eigenvalue weighted by Gasteiger charge is 2.20. The molecule has 4 heterocycles. The zero-order valence-corrected chi connectivity index (χ0v) is 21.2. The van der Waals surface area contributed by atoms with Gasteiger partial charge in [0.25, 0.3) is 0 Å². The predicted molar refractivity (Wildman–Crippen MR) is 139 cm³/mol. The molecular weight excluding hydrogens is 468 g/mol. The topological polar surface area (TPSA) is 125 Å². The number of aryl methyl sites for hydroxylation is 1. The van der Waals surface area contributed by atoms with Crippen molar-refractivity contribution in [2.45, 2.75) is 59.0 Å². The molecule has 1 N–H and O–H groups in total. The second-order valence-electron chi connectivity index (χ2n) is 9.07. The summed E-state index contributed by atoms with van der Waals surface area (Å²) in [6.45, 7) is 6.71. The third-order valence-electron chi connectivity index (χ3n) is 6.72. The molecule has 0 fully saturated rings. The molecule has 0 aliphatic rings. The maximum absolute atomic E-state index is 13.8. The first kappa shape index (κ1) is 24.3. The Bertz CT molecular complexity index is 1530. The van der Waals surface area contributed by atoms with Gasteiger partial charge in [0.05, 0.1) is 6.54 Å². The average molecular weight is 499 g/mol. The van der Waals surface area contributed by atoms with Crippen molar-refractivity contribution in [2.24, 2.45) is 0 Å². The number of tetrazole rings is 1. The normalized spacial score (nSPS) is 12.2. The number of hydrogen-bond acceptors (Lipinski definition) is 7. The van der Waals surface area contributed by atoms with E-state index in [4.69, 9.17) is 0 Å². The van der Waals surface area contributed by atoms with Gasteiger partial charge in [0.1, 0.15) is 6.33 Å². The first-order chi connectivity index (χ1) is 18.1. The van der Waals surface area contributed by atoms with E-state index in [9.17, 15) is 4.79 Å².